The molecule has 41 heavy (non-hydrogen) atoms. The van der Waals surface area contributed by atoms with Gasteiger partial charge in [-0.25, -0.2) is 23.1 Å². The molecule has 4 heterocycles. The molecule has 0 aliphatic heterocycles. The fourth-order valence-corrected chi connectivity index (χ4v) is 5.55. The number of hydrogen-bond acceptors (Lipinski definition) is 9. The molecule has 0 radical (unpaired) electrons. The largest absolute Gasteiger partial charge is 0.480 e. The summed E-state index contributed by atoms with van der Waals surface area (Å²) in [4.78, 5) is 46.4. The predicted molar refractivity (Wildman–Crippen MR) is 149 cm³/mol. The molecule has 0 bridgehead atoms. The van der Waals surface area contributed by atoms with Gasteiger partial charge in [0.1, 0.15) is 22.3 Å². The van der Waals surface area contributed by atoms with Gasteiger partial charge >= 0.3 is 5.69 Å². The van der Waals surface area contributed by atoms with Gasteiger partial charge < -0.3 is 15.4 Å². The van der Waals surface area contributed by atoms with E-state index in [2.05, 4.69) is 15.2 Å². The molecular weight excluding hydrogens is 556 g/mol. The van der Waals surface area contributed by atoms with Crippen molar-refractivity contribution in [3.8, 4) is 22.1 Å². The maximum Gasteiger partial charge on any atom is 0.338 e. The number of fused-ring (bicyclic) bond motifs is 1. The first-order chi connectivity index (χ1) is 19.6. The number of pyridine rings is 1. The third kappa shape index (κ3) is 5.04. The molecule has 5 aromatic rings. The second-order valence-electron chi connectivity index (χ2n) is 9.08. The minimum atomic E-state index is -0.890. The van der Waals surface area contributed by atoms with Crippen molar-refractivity contribution in [2.75, 3.05) is 19.9 Å². The predicted octanol–water partition coefficient (Wildman–Crippen LogP) is 2.96. The lowest BCUT2D eigenvalue weighted by Gasteiger charge is -2.16. The molecule has 0 fully saturated rings. The minimum Gasteiger partial charge on any atom is -0.480 e. The highest BCUT2D eigenvalue weighted by Gasteiger charge is 2.26. The van der Waals surface area contributed by atoms with Crippen LogP contribution in [0.2, 0.25) is 0 Å². The molecule has 0 atom stereocenters. The third-order valence-corrected chi connectivity index (χ3v) is 7.80. The highest BCUT2D eigenvalue weighted by atomic mass is 32.1. The Balaban J connectivity index is 1.90. The average Bonchev–Trinajstić information content (AvgIpc) is 3.32. The Bertz CT molecular complexity index is 1880. The number of aromatic nitrogens is 5. The summed E-state index contributed by atoms with van der Waals surface area (Å²) < 4.78 is 36.5. The highest BCUT2D eigenvalue weighted by molar-refractivity contribution is 7.22. The number of benzene rings is 1. The second kappa shape index (κ2) is 10.9. The number of nitrogens with zero attached hydrogens (tertiary/aromatic N) is 6. The van der Waals surface area contributed by atoms with Crippen LogP contribution in [0.4, 0.5) is 14.6 Å². The maximum atomic E-state index is 14.8. The first-order valence-electron chi connectivity index (χ1n) is 12.2. The number of amides is 1. The zero-order valence-electron chi connectivity index (χ0n) is 22.1. The number of carbonyl (C=O) groups is 1. The maximum absolute atomic E-state index is 14.8. The van der Waals surface area contributed by atoms with E-state index in [0.29, 0.717) is 16.0 Å². The van der Waals surface area contributed by atoms with Crippen molar-refractivity contribution in [2.45, 2.75) is 20.0 Å². The van der Waals surface area contributed by atoms with Gasteiger partial charge in [0.15, 0.2) is 5.82 Å². The summed E-state index contributed by atoms with van der Waals surface area (Å²) in [5.41, 5.74) is 4.76. The van der Waals surface area contributed by atoms with Crippen molar-refractivity contribution < 1.29 is 18.3 Å². The molecule has 14 heteroatoms. The van der Waals surface area contributed by atoms with E-state index in [-0.39, 0.29) is 45.7 Å². The molecule has 1 amide bonds. The summed E-state index contributed by atoms with van der Waals surface area (Å²) in [7, 11) is 2.95. The molecule has 4 aromatic heterocycles. The molecule has 1 aromatic carbocycles. The Kier molecular flexibility index (Phi) is 7.32. The van der Waals surface area contributed by atoms with Crippen LogP contribution in [0.15, 0.2) is 58.3 Å². The van der Waals surface area contributed by atoms with Gasteiger partial charge in [0.2, 0.25) is 11.8 Å². The molecule has 11 nitrogen and oxygen atoms in total. The van der Waals surface area contributed by atoms with Gasteiger partial charge in [-0.05, 0) is 30.3 Å². The number of hydrogen-bond donors (Lipinski definition) is 1. The molecule has 210 valence electrons. The normalized spacial score (nSPS) is 11.1. The molecule has 2 N–H and O–H groups in total. The Labute approximate surface area is 235 Å². The lowest BCUT2D eigenvalue weighted by molar-refractivity contribution is -0.128. The van der Waals surface area contributed by atoms with Gasteiger partial charge in [0.25, 0.3) is 5.56 Å². The van der Waals surface area contributed by atoms with Crippen molar-refractivity contribution >= 4 is 33.3 Å². The SMILES string of the molecule is COc1ccc(-n2c(=O)c3c(CN(C)C(C)=O)c(-c4ccc(N)nc4)sc3n(Cc3c(F)cccc3F)c2=O)nn1. The van der Waals surface area contributed by atoms with Crippen LogP contribution in [-0.2, 0) is 17.9 Å². The first-order valence-corrected chi connectivity index (χ1v) is 13.0. The van der Waals surface area contributed by atoms with E-state index in [4.69, 9.17) is 10.5 Å². The molecule has 0 spiro atoms. The van der Waals surface area contributed by atoms with Crippen LogP contribution < -0.4 is 21.7 Å². The average molecular weight is 580 g/mol. The third-order valence-electron chi connectivity index (χ3n) is 6.50. The van der Waals surface area contributed by atoms with Crippen molar-refractivity contribution in [3.63, 3.8) is 0 Å². The van der Waals surface area contributed by atoms with E-state index in [1.165, 1.54) is 43.3 Å². The molecule has 0 saturated heterocycles. The van der Waals surface area contributed by atoms with E-state index >= 15 is 0 Å². The van der Waals surface area contributed by atoms with Crippen LogP contribution in [0.25, 0.3) is 26.5 Å². The van der Waals surface area contributed by atoms with Crippen LogP contribution in [0, 0.1) is 11.6 Å². The second-order valence-corrected chi connectivity index (χ2v) is 10.1. The van der Waals surface area contributed by atoms with Crippen molar-refractivity contribution in [3.05, 3.63) is 92.3 Å². The van der Waals surface area contributed by atoms with Crippen LogP contribution in [0.5, 0.6) is 5.88 Å². The van der Waals surface area contributed by atoms with Gasteiger partial charge in [-0.2, -0.15) is 0 Å². The number of methoxy groups -OCH3 is 1. The molecule has 0 aliphatic carbocycles. The Morgan fingerprint density at radius 3 is 2.39 bits per heavy atom. The van der Waals surface area contributed by atoms with E-state index in [9.17, 15) is 23.2 Å². The molecule has 0 aliphatic rings. The van der Waals surface area contributed by atoms with Gasteiger partial charge in [-0.3, -0.25) is 14.2 Å². The number of anilines is 1. The summed E-state index contributed by atoms with van der Waals surface area (Å²) in [5, 5.41) is 7.90. The zero-order chi connectivity index (χ0) is 29.4. The fourth-order valence-electron chi connectivity index (χ4n) is 4.27. The summed E-state index contributed by atoms with van der Waals surface area (Å²) in [6.07, 6.45) is 1.50. The zero-order valence-corrected chi connectivity index (χ0v) is 22.9. The smallest absolute Gasteiger partial charge is 0.338 e. The van der Waals surface area contributed by atoms with Crippen LogP contribution in [0.3, 0.4) is 0 Å². The van der Waals surface area contributed by atoms with Crippen molar-refractivity contribution in [1.29, 1.82) is 0 Å². The van der Waals surface area contributed by atoms with E-state index < -0.39 is 29.4 Å². The summed E-state index contributed by atoms with van der Waals surface area (Å²) in [6.45, 7) is 0.839. The minimum absolute atomic E-state index is 0.00909. The van der Waals surface area contributed by atoms with E-state index in [1.807, 2.05) is 0 Å². The Morgan fingerprint density at radius 2 is 1.80 bits per heavy atom. The number of thiophene rings is 1. The lowest BCUT2D eigenvalue weighted by atomic mass is 10.1. The van der Waals surface area contributed by atoms with Crippen molar-refractivity contribution in [1.82, 2.24) is 29.2 Å². The van der Waals surface area contributed by atoms with Gasteiger partial charge in [0.05, 0.1) is 19.0 Å². The number of nitrogen functional groups attached to an aromatic ring is 1. The quantitative estimate of drug-likeness (QED) is 0.311. The Hall–Kier alpha value is -4.98. The van der Waals surface area contributed by atoms with Crippen LogP contribution >= 0.6 is 11.3 Å². The number of ether oxygens (including phenoxy) is 1. The number of nitrogens with two attached hydrogens (primary N) is 1. The van der Waals surface area contributed by atoms with Gasteiger partial charge in [-0.1, -0.05) is 6.07 Å². The van der Waals surface area contributed by atoms with Gasteiger partial charge in [0, 0.05) is 54.3 Å². The summed E-state index contributed by atoms with van der Waals surface area (Å²) in [6, 6.07) is 9.43. The van der Waals surface area contributed by atoms with Gasteiger partial charge in [-0.15, -0.1) is 21.5 Å². The van der Waals surface area contributed by atoms with E-state index in [1.54, 1.807) is 19.2 Å². The first kappa shape index (κ1) is 27.6. The number of halogens is 2. The summed E-state index contributed by atoms with van der Waals surface area (Å²) in [5.74, 6) is -1.70. The number of rotatable bonds is 7. The summed E-state index contributed by atoms with van der Waals surface area (Å²) >= 11 is 1.06. The number of carbonyl (C=O) groups excluding carboxylic acids is 1. The standard InChI is InChI=1S/C27H23F2N7O4S/c1-14(37)34(2)12-17-23-25(38)36(21-9-10-22(40-3)33-32-21)27(39)35(13-16-18(28)5-4-6-19(16)29)26(23)41-24(17)15-7-8-20(30)31-11-15/h4-11H,12-13H2,1-3H3,(H2,30,31). The monoisotopic (exact) mass is 579 g/mol. The highest BCUT2D eigenvalue weighted by Crippen LogP contribution is 2.38. The lowest BCUT2D eigenvalue weighted by Crippen LogP contribution is -2.40. The molecule has 5 rings (SSSR count). The molecular formula is C27H23F2N7O4S. The molecule has 0 unspecified atom stereocenters. The fraction of sp³-hybridized carbons (Fsp3) is 0.185. The van der Waals surface area contributed by atoms with E-state index in [0.717, 1.165) is 32.6 Å². The van der Waals surface area contributed by atoms with Crippen molar-refractivity contribution in [2.24, 2.45) is 0 Å². The van der Waals surface area contributed by atoms with Crippen LogP contribution in [0.1, 0.15) is 18.1 Å². The van der Waals surface area contributed by atoms with Crippen LogP contribution in [-0.4, -0.2) is 49.3 Å². The molecule has 0 saturated carbocycles. The topological polar surface area (TPSA) is 138 Å². The Morgan fingerprint density at radius 1 is 1.07 bits per heavy atom.